The summed E-state index contributed by atoms with van der Waals surface area (Å²) in [6.07, 6.45) is 0. The van der Waals surface area contributed by atoms with Crippen molar-refractivity contribution in [1.29, 1.82) is 0 Å². The summed E-state index contributed by atoms with van der Waals surface area (Å²) in [6, 6.07) is 5.10. The van der Waals surface area contributed by atoms with Crippen LogP contribution in [0, 0.1) is 0 Å². The fourth-order valence-corrected chi connectivity index (χ4v) is 2.81. The van der Waals surface area contributed by atoms with Gasteiger partial charge in [-0.05, 0) is 23.6 Å². The Hall–Kier alpha value is -1.26. The fourth-order valence-electron chi connectivity index (χ4n) is 1.21. The van der Waals surface area contributed by atoms with E-state index < -0.39 is 30.6 Å². The monoisotopic (exact) mass is 330 g/mol. The van der Waals surface area contributed by atoms with Crippen molar-refractivity contribution >= 4 is 20.2 Å². The summed E-state index contributed by atoms with van der Waals surface area (Å²) in [4.78, 5) is 0. The Morgan fingerprint density at radius 3 is 1.90 bits per heavy atom. The van der Waals surface area contributed by atoms with Gasteiger partial charge in [0.25, 0.3) is 0 Å². The highest BCUT2D eigenvalue weighted by Gasteiger charge is 2.59. The lowest BCUT2D eigenvalue weighted by Gasteiger charge is -2.14. The van der Waals surface area contributed by atoms with Gasteiger partial charge in [-0.15, -0.1) is 0 Å². The molecule has 0 aliphatic rings. The predicted molar refractivity (Wildman–Crippen MR) is 66.6 cm³/mol. The molecule has 0 amide bonds. The minimum atomic E-state index is -6.15. The molecule has 6 nitrogen and oxygen atoms in total. The molecule has 1 aromatic carbocycles. The summed E-state index contributed by atoms with van der Waals surface area (Å²) >= 11 is 0. The zero-order valence-corrected chi connectivity index (χ0v) is 12.1. The molecule has 20 heavy (non-hydrogen) atoms. The lowest BCUT2D eigenvalue weighted by molar-refractivity contribution is 0.155. The lowest BCUT2D eigenvalue weighted by Crippen LogP contribution is -2.40. The van der Waals surface area contributed by atoms with Crippen LogP contribution in [0.3, 0.4) is 0 Å². The van der Waals surface area contributed by atoms with Crippen LogP contribution >= 0.6 is 0 Å². The van der Waals surface area contributed by atoms with Crippen LogP contribution in [-0.2, 0) is 20.2 Å². The molecular formula is C10H12F2O6S2. The summed E-state index contributed by atoms with van der Waals surface area (Å²) in [5, 5.41) is 0. The van der Waals surface area contributed by atoms with Gasteiger partial charge in [-0.3, -0.25) is 4.55 Å². The number of halogens is 2. The number of alkyl halides is 2. The molecule has 0 aliphatic carbocycles. The molecule has 0 fully saturated rings. The summed E-state index contributed by atoms with van der Waals surface area (Å²) in [5.74, 6) is -0.363. The molecule has 0 aromatic heterocycles. The SMILES string of the molecule is CC(C)c1ccc(OS(=O)(=O)C(F)(F)S(=O)(=O)O)cc1. The third kappa shape index (κ3) is 3.25. The van der Waals surface area contributed by atoms with E-state index in [4.69, 9.17) is 4.55 Å². The first-order valence-corrected chi connectivity index (χ1v) is 8.12. The topological polar surface area (TPSA) is 97.7 Å². The van der Waals surface area contributed by atoms with E-state index in [1.165, 1.54) is 12.1 Å². The first kappa shape index (κ1) is 16.8. The van der Waals surface area contributed by atoms with Crippen molar-refractivity contribution in [3.8, 4) is 5.75 Å². The molecule has 0 saturated heterocycles. The number of hydrogen-bond donors (Lipinski definition) is 1. The van der Waals surface area contributed by atoms with E-state index in [9.17, 15) is 25.6 Å². The van der Waals surface area contributed by atoms with E-state index in [2.05, 4.69) is 4.18 Å². The molecule has 114 valence electrons. The number of hydrogen-bond acceptors (Lipinski definition) is 5. The molecule has 0 atom stereocenters. The minimum Gasteiger partial charge on any atom is -0.377 e. The van der Waals surface area contributed by atoms with Crippen molar-refractivity contribution in [1.82, 2.24) is 0 Å². The van der Waals surface area contributed by atoms with Gasteiger partial charge in [-0.25, -0.2) is 0 Å². The Balaban J connectivity index is 3.09. The molecule has 1 aromatic rings. The van der Waals surface area contributed by atoms with Gasteiger partial charge in [0.1, 0.15) is 5.75 Å². The lowest BCUT2D eigenvalue weighted by atomic mass is 10.0. The van der Waals surface area contributed by atoms with Crippen LogP contribution in [0.1, 0.15) is 25.3 Å². The maximum absolute atomic E-state index is 13.1. The van der Waals surface area contributed by atoms with E-state index >= 15 is 0 Å². The van der Waals surface area contributed by atoms with Crippen LogP contribution in [0.2, 0.25) is 0 Å². The molecule has 0 radical (unpaired) electrons. The number of rotatable bonds is 5. The average molecular weight is 330 g/mol. The van der Waals surface area contributed by atoms with Crippen LogP contribution in [0.25, 0.3) is 0 Å². The van der Waals surface area contributed by atoms with E-state index in [0.29, 0.717) is 0 Å². The van der Waals surface area contributed by atoms with E-state index in [1.54, 1.807) is 0 Å². The standard InChI is InChI=1S/C10H12F2O6S2/c1-7(2)8-3-5-9(6-4-8)18-20(16,17)10(11,12)19(13,14)15/h3-7H,1-2H3,(H,13,14,15). The Kier molecular flexibility index (Phi) is 4.42. The van der Waals surface area contributed by atoms with E-state index in [-0.39, 0.29) is 5.92 Å². The molecule has 0 spiro atoms. The second-order valence-electron chi connectivity index (χ2n) is 4.20. The second-order valence-corrected chi connectivity index (χ2v) is 7.51. The molecule has 0 aliphatic heterocycles. The average Bonchev–Trinajstić information content (AvgIpc) is 2.27. The van der Waals surface area contributed by atoms with Crippen molar-refractivity contribution in [3.05, 3.63) is 29.8 Å². The van der Waals surface area contributed by atoms with Crippen molar-refractivity contribution in [2.75, 3.05) is 0 Å². The second kappa shape index (κ2) is 5.26. The zero-order valence-electron chi connectivity index (χ0n) is 10.4. The predicted octanol–water partition coefficient (Wildman–Crippen LogP) is 1.96. The highest BCUT2D eigenvalue weighted by atomic mass is 32.3. The van der Waals surface area contributed by atoms with Gasteiger partial charge in [0, 0.05) is 0 Å². The third-order valence-corrected chi connectivity index (χ3v) is 5.18. The quantitative estimate of drug-likeness (QED) is 0.654. The van der Waals surface area contributed by atoms with Crippen molar-refractivity contribution in [3.63, 3.8) is 0 Å². The van der Waals surface area contributed by atoms with Gasteiger partial charge in [0.05, 0.1) is 0 Å². The third-order valence-electron chi connectivity index (χ3n) is 2.34. The van der Waals surface area contributed by atoms with Crippen LogP contribution in [0.5, 0.6) is 5.75 Å². The maximum atomic E-state index is 13.1. The van der Waals surface area contributed by atoms with Crippen molar-refractivity contribution in [2.45, 2.75) is 24.4 Å². The van der Waals surface area contributed by atoms with Gasteiger partial charge in [0.15, 0.2) is 0 Å². The maximum Gasteiger partial charge on any atom is 0.506 e. The molecule has 1 rings (SSSR count). The Bertz CT molecular complexity index is 677. The molecule has 1 N–H and O–H groups in total. The Labute approximate surface area is 115 Å². The largest absolute Gasteiger partial charge is 0.506 e. The van der Waals surface area contributed by atoms with Crippen LogP contribution in [0.4, 0.5) is 8.78 Å². The molecule has 0 bridgehead atoms. The molecule has 0 heterocycles. The zero-order chi connectivity index (χ0) is 15.8. The normalized spacial score (nSPS) is 13.5. The summed E-state index contributed by atoms with van der Waals surface area (Å²) in [6.45, 7) is 3.72. The molecule has 10 heteroatoms. The Morgan fingerprint density at radius 2 is 1.55 bits per heavy atom. The van der Waals surface area contributed by atoms with Gasteiger partial charge in [-0.1, -0.05) is 26.0 Å². The van der Waals surface area contributed by atoms with E-state index in [1.807, 2.05) is 13.8 Å². The molecule has 0 saturated carbocycles. The van der Waals surface area contributed by atoms with Crippen LogP contribution in [-0.4, -0.2) is 26.0 Å². The van der Waals surface area contributed by atoms with Gasteiger partial charge < -0.3 is 4.18 Å². The first-order chi connectivity index (χ1) is 8.88. The smallest absolute Gasteiger partial charge is 0.377 e. The van der Waals surface area contributed by atoms with Crippen molar-refractivity contribution in [2.24, 2.45) is 0 Å². The fraction of sp³-hybridized carbons (Fsp3) is 0.400. The van der Waals surface area contributed by atoms with E-state index in [0.717, 1.165) is 17.7 Å². The Morgan fingerprint density at radius 1 is 1.10 bits per heavy atom. The van der Waals surface area contributed by atoms with Crippen LogP contribution < -0.4 is 4.18 Å². The summed E-state index contributed by atoms with van der Waals surface area (Å²) in [5.41, 5.74) is 0.802. The molecule has 0 unspecified atom stereocenters. The summed E-state index contributed by atoms with van der Waals surface area (Å²) < 4.78 is 76.0. The summed E-state index contributed by atoms with van der Waals surface area (Å²) in [7, 11) is -12.0. The molecular weight excluding hydrogens is 318 g/mol. The first-order valence-electron chi connectivity index (χ1n) is 5.27. The van der Waals surface area contributed by atoms with Crippen molar-refractivity contribution < 1.29 is 34.4 Å². The number of benzene rings is 1. The van der Waals surface area contributed by atoms with Gasteiger partial charge in [-0.2, -0.15) is 25.6 Å². The van der Waals surface area contributed by atoms with Gasteiger partial charge >= 0.3 is 24.8 Å². The van der Waals surface area contributed by atoms with Gasteiger partial charge in [0.2, 0.25) is 0 Å². The van der Waals surface area contributed by atoms with Crippen LogP contribution in [0.15, 0.2) is 24.3 Å². The highest BCUT2D eigenvalue weighted by Crippen LogP contribution is 2.30. The highest BCUT2D eigenvalue weighted by molar-refractivity contribution is 8.05. The minimum absolute atomic E-state index is 0.125.